The summed E-state index contributed by atoms with van der Waals surface area (Å²) in [5.74, 6) is -0.222. The highest BCUT2D eigenvalue weighted by Gasteiger charge is 2.68. The van der Waals surface area contributed by atoms with Crippen molar-refractivity contribution in [1.82, 2.24) is 0 Å². The Morgan fingerprint density at radius 1 is 0.765 bits per heavy atom. The van der Waals surface area contributed by atoms with Gasteiger partial charge in [-0.1, -0.05) is 27.0 Å². The summed E-state index contributed by atoms with van der Waals surface area (Å²) in [6.07, 6.45) is 6.43. The summed E-state index contributed by atoms with van der Waals surface area (Å²) in [4.78, 5) is 14.0. The molecule has 11 heteroatoms. The van der Waals surface area contributed by atoms with E-state index in [0.717, 1.165) is 56.1 Å². The van der Waals surface area contributed by atoms with Crippen LogP contribution in [0.2, 0.25) is 0 Å². The average Bonchev–Trinajstić information content (AvgIpc) is 3.77. The normalized spacial score (nSPS) is 53.2. The topological polar surface area (TPSA) is 137 Å². The quantitative estimate of drug-likeness (QED) is 0.410. The lowest BCUT2D eigenvalue weighted by Crippen LogP contribution is -2.61. The molecule has 1 spiro atoms. The van der Waals surface area contributed by atoms with Crippen molar-refractivity contribution >= 4 is 5.78 Å². The van der Waals surface area contributed by atoms with Gasteiger partial charge in [-0.25, -0.2) is 0 Å². The standard InChI is InChI=1S/C40H59NO10/c1-19-11-25-5-7-29-20(2)12-27(44-29)9-10-40-17-34-36(50-40)37-38(49-34)39(51-40)35-30(48-37)8-6-26(46-35)13-23(42)14-28-22(4)31(15-24(43)18-41)47-33(28)16-32(45-25)21(19)3/h19,22,24-39,43H,2-3,5-18,41H2,1,4H3/t19-,22-,24+,25+,26-,27+,28?,29?,30+,31-,32?,33+,34-,35+,36+,37+,38-,39+,40+/m1/s1. The summed E-state index contributed by atoms with van der Waals surface area (Å²) in [7, 11) is 0. The van der Waals surface area contributed by atoms with Crippen LogP contribution in [0.5, 0.6) is 0 Å². The molecule has 10 aliphatic rings. The predicted octanol–water partition coefficient (Wildman–Crippen LogP) is 4.06. The van der Waals surface area contributed by atoms with Crippen molar-refractivity contribution in [3.05, 3.63) is 24.3 Å². The molecular formula is C40H59NO10. The molecule has 0 aromatic rings. The van der Waals surface area contributed by atoms with Gasteiger partial charge in [-0.2, -0.15) is 0 Å². The van der Waals surface area contributed by atoms with Gasteiger partial charge in [0.1, 0.15) is 36.3 Å². The van der Waals surface area contributed by atoms with Crippen LogP contribution in [0.3, 0.4) is 0 Å². The van der Waals surface area contributed by atoms with Gasteiger partial charge in [0, 0.05) is 45.1 Å². The van der Waals surface area contributed by atoms with Gasteiger partial charge < -0.3 is 48.7 Å². The first-order valence-electron chi connectivity index (χ1n) is 20.1. The van der Waals surface area contributed by atoms with Crippen molar-refractivity contribution in [3.8, 4) is 0 Å². The Hall–Kier alpha value is -1.25. The number of ketones is 1. The summed E-state index contributed by atoms with van der Waals surface area (Å²) >= 11 is 0. The zero-order valence-electron chi connectivity index (χ0n) is 30.4. The van der Waals surface area contributed by atoms with E-state index in [2.05, 4.69) is 27.0 Å². The van der Waals surface area contributed by atoms with Gasteiger partial charge >= 0.3 is 0 Å². The Balaban J connectivity index is 0.986. The number of carbonyl (C=O) groups excluding carboxylic acids is 1. The van der Waals surface area contributed by atoms with E-state index in [9.17, 15) is 9.90 Å². The molecule has 0 aromatic heterocycles. The largest absolute Gasteiger partial charge is 0.392 e. The number of fused-ring (bicyclic) bond motifs is 6. The van der Waals surface area contributed by atoms with Crippen LogP contribution in [-0.2, 0) is 42.7 Å². The molecule has 3 unspecified atom stereocenters. The molecule has 10 saturated heterocycles. The van der Waals surface area contributed by atoms with E-state index >= 15 is 0 Å². The van der Waals surface area contributed by atoms with Gasteiger partial charge in [-0.15, -0.1) is 0 Å². The SMILES string of the molecule is C=C1C[C@@H]2CC[C@@]34C[C@H]5O[C@H]6[C@@H](O3)[C@H]3O[C@H](CC[C@@H]3O[C@H]6[C@H]5O4)CC(=O)CC3[C@H](CC4O[C@@H](CCC1O2)C[C@@H](C)C4=C)O[C@H](C[C@H](O)CN)[C@@H]3C. The van der Waals surface area contributed by atoms with E-state index in [4.69, 9.17) is 43.6 Å². The first-order valence-corrected chi connectivity index (χ1v) is 20.1. The second kappa shape index (κ2) is 13.8. The van der Waals surface area contributed by atoms with Gasteiger partial charge in [-0.05, 0) is 73.8 Å². The van der Waals surface area contributed by atoms with Crippen molar-refractivity contribution in [1.29, 1.82) is 0 Å². The number of nitrogens with two attached hydrogens (primary N) is 1. The number of ether oxygens (including phenoxy) is 8. The Kier molecular flexibility index (Phi) is 9.59. The molecule has 0 radical (unpaired) electrons. The zero-order valence-corrected chi connectivity index (χ0v) is 30.4. The van der Waals surface area contributed by atoms with Gasteiger partial charge in [0.15, 0.2) is 5.79 Å². The minimum absolute atomic E-state index is 0.00127. The van der Waals surface area contributed by atoms with Gasteiger partial charge in [-0.3, -0.25) is 4.79 Å². The smallest absolute Gasteiger partial charge is 0.172 e. The summed E-state index contributed by atoms with van der Waals surface area (Å²) in [5, 5.41) is 10.5. The maximum atomic E-state index is 14.0. The number of rotatable bonds is 3. The number of Topliss-reactive ketones (excluding diaryl/α,β-unsaturated/α-hetero) is 1. The predicted molar refractivity (Wildman–Crippen MR) is 185 cm³/mol. The molecule has 0 saturated carbocycles. The van der Waals surface area contributed by atoms with Crippen molar-refractivity contribution < 1.29 is 47.8 Å². The Morgan fingerprint density at radius 3 is 2.35 bits per heavy atom. The van der Waals surface area contributed by atoms with E-state index in [1.165, 1.54) is 0 Å². The highest BCUT2D eigenvalue weighted by atomic mass is 16.8. The molecule has 10 fully saturated rings. The number of aliphatic hydroxyl groups is 1. The number of aliphatic hydroxyl groups excluding tert-OH is 1. The number of carbonyl (C=O) groups is 1. The Morgan fingerprint density at radius 2 is 1.51 bits per heavy atom. The summed E-state index contributed by atoms with van der Waals surface area (Å²) in [6.45, 7) is 13.5. The van der Waals surface area contributed by atoms with Gasteiger partial charge in [0.25, 0.3) is 0 Å². The first kappa shape index (κ1) is 35.5. The molecule has 284 valence electrons. The minimum Gasteiger partial charge on any atom is -0.392 e. The third-order valence-corrected chi connectivity index (χ3v) is 14.2. The average molecular weight is 714 g/mol. The second-order valence-corrected chi connectivity index (χ2v) is 17.6. The molecule has 11 nitrogen and oxygen atoms in total. The molecule has 10 aliphatic heterocycles. The Bertz CT molecular complexity index is 1360. The molecule has 51 heavy (non-hydrogen) atoms. The van der Waals surface area contributed by atoms with Crippen molar-refractivity contribution in [2.75, 3.05) is 6.54 Å². The molecule has 10 heterocycles. The number of hydrogen-bond donors (Lipinski definition) is 2. The van der Waals surface area contributed by atoms with Gasteiger partial charge in [0.05, 0.1) is 61.0 Å². The molecular weight excluding hydrogens is 654 g/mol. The molecule has 12 bridgehead atoms. The Labute approximate surface area is 302 Å². The van der Waals surface area contributed by atoms with Crippen LogP contribution < -0.4 is 5.73 Å². The fourth-order valence-electron chi connectivity index (χ4n) is 11.3. The van der Waals surface area contributed by atoms with Crippen LogP contribution in [0.1, 0.15) is 97.3 Å². The monoisotopic (exact) mass is 713 g/mol. The molecule has 0 aliphatic carbocycles. The van der Waals surface area contributed by atoms with Crippen LogP contribution >= 0.6 is 0 Å². The lowest BCUT2D eigenvalue weighted by molar-refractivity contribution is -0.292. The lowest BCUT2D eigenvalue weighted by atomic mass is 9.78. The third kappa shape index (κ3) is 6.53. The minimum atomic E-state index is -0.765. The third-order valence-electron chi connectivity index (χ3n) is 14.2. The molecule has 0 aromatic carbocycles. The maximum absolute atomic E-state index is 14.0. The zero-order chi connectivity index (χ0) is 35.2. The molecule has 10 rings (SSSR count). The summed E-state index contributed by atoms with van der Waals surface area (Å²) in [6, 6.07) is 0. The van der Waals surface area contributed by atoms with Crippen molar-refractivity contribution in [2.24, 2.45) is 23.5 Å². The van der Waals surface area contributed by atoms with E-state index in [1.54, 1.807) is 0 Å². The van der Waals surface area contributed by atoms with E-state index in [1.807, 2.05) is 0 Å². The highest BCUT2D eigenvalue weighted by Crippen LogP contribution is 2.54. The summed E-state index contributed by atoms with van der Waals surface area (Å²) < 4.78 is 54.0. The van der Waals surface area contributed by atoms with Crippen LogP contribution in [0.15, 0.2) is 24.3 Å². The van der Waals surface area contributed by atoms with E-state index in [-0.39, 0.29) is 110 Å². The fourth-order valence-corrected chi connectivity index (χ4v) is 11.3. The highest BCUT2D eigenvalue weighted by molar-refractivity contribution is 5.79. The maximum Gasteiger partial charge on any atom is 0.172 e. The van der Waals surface area contributed by atoms with E-state index < -0.39 is 11.9 Å². The molecule has 19 atom stereocenters. The van der Waals surface area contributed by atoms with Crippen LogP contribution in [0.4, 0.5) is 0 Å². The lowest BCUT2D eigenvalue weighted by Gasteiger charge is -2.47. The van der Waals surface area contributed by atoms with Crippen molar-refractivity contribution in [2.45, 2.75) is 195 Å². The summed E-state index contributed by atoms with van der Waals surface area (Å²) in [5.41, 5.74) is 8.06. The number of hydrogen-bond acceptors (Lipinski definition) is 11. The molecule has 0 amide bonds. The fraction of sp³-hybridized carbons (Fsp3) is 0.875. The van der Waals surface area contributed by atoms with E-state index in [0.29, 0.717) is 44.4 Å². The first-order chi connectivity index (χ1) is 24.6. The van der Waals surface area contributed by atoms with Crippen LogP contribution in [0, 0.1) is 17.8 Å². The molecule has 3 N–H and O–H groups in total. The van der Waals surface area contributed by atoms with Crippen LogP contribution in [-0.4, -0.2) is 115 Å². The van der Waals surface area contributed by atoms with Crippen molar-refractivity contribution in [3.63, 3.8) is 0 Å². The van der Waals surface area contributed by atoms with Gasteiger partial charge in [0.2, 0.25) is 0 Å². The second-order valence-electron chi connectivity index (χ2n) is 17.6. The van der Waals surface area contributed by atoms with Crippen LogP contribution in [0.25, 0.3) is 0 Å².